The molecular formula is C58H41N3SSi2. The van der Waals surface area contributed by atoms with Crippen LogP contribution in [0.2, 0.25) is 0 Å². The third-order valence-corrected chi connectivity index (χ3v) is 24.3. The fourth-order valence-electron chi connectivity index (χ4n) is 10.5. The fraction of sp³-hybridized carbons (Fsp3) is 0. The highest BCUT2D eigenvalue weighted by molar-refractivity contribution is 8.00. The molecule has 0 radical (unpaired) electrons. The summed E-state index contributed by atoms with van der Waals surface area (Å²) in [6, 6.07) is 87.4. The SMILES string of the molecule is c1ccc([Si](c2ccccc2)(c2cccc(-c3ccccn3)c2)c2cccc(-n3c4ccccc4c4c5c(cnc43)[Si](c3ccccc3)(c3ccccc3)c3ccccc3S5)c2)cc1. The van der Waals surface area contributed by atoms with Gasteiger partial charge < -0.3 is 0 Å². The summed E-state index contributed by atoms with van der Waals surface area (Å²) in [6.45, 7) is 0. The van der Waals surface area contributed by atoms with Gasteiger partial charge in [0.05, 0.1) is 11.2 Å². The predicted molar refractivity (Wildman–Crippen MR) is 273 cm³/mol. The molecule has 0 fully saturated rings. The number of pyridine rings is 2. The molecular weight excluding hydrogens is 827 g/mol. The molecule has 6 heteroatoms. The van der Waals surface area contributed by atoms with Crippen LogP contribution in [-0.4, -0.2) is 30.7 Å². The molecule has 0 atom stereocenters. The van der Waals surface area contributed by atoms with Crippen LogP contribution in [0.15, 0.2) is 259 Å². The van der Waals surface area contributed by atoms with E-state index in [2.05, 4.69) is 241 Å². The van der Waals surface area contributed by atoms with Crippen molar-refractivity contribution in [2.24, 2.45) is 0 Å². The van der Waals surface area contributed by atoms with Crippen molar-refractivity contribution in [2.75, 3.05) is 0 Å². The average Bonchev–Trinajstić information content (AvgIpc) is 3.72. The number of hydrogen-bond acceptors (Lipinski definition) is 3. The lowest BCUT2D eigenvalue weighted by Crippen LogP contribution is -2.76. The van der Waals surface area contributed by atoms with Gasteiger partial charge in [-0.1, -0.05) is 212 Å². The number of nitrogens with zero attached hydrogens (tertiary/aromatic N) is 3. The molecule has 1 aliphatic rings. The topological polar surface area (TPSA) is 30.7 Å². The maximum Gasteiger partial charge on any atom is 0.183 e. The number of benzene rings is 8. The number of para-hydroxylation sites is 1. The zero-order chi connectivity index (χ0) is 42.5. The molecule has 64 heavy (non-hydrogen) atoms. The maximum atomic E-state index is 5.63. The van der Waals surface area contributed by atoms with Crippen molar-refractivity contribution in [3.05, 3.63) is 249 Å². The molecule has 1 aliphatic heterocycles. The van der Waals surface area contributed by atoms with Crippen LogP contribution >= 0.6 is 11.8 Å². The van der Waals surface area contributed by atoms with Crippen LogP contribution in [0.1, 0.15) is 0 Å². The Morgan fingerprint density at radius 3 is 1.72 bits per heavy atom. The lowest BCUT2D eigenvalue weighted by Gasteiger charge is -2.39. The molecule has 11 aromatic rings. The molecule has 302 valence electrons. The second-order valence-corrected chi connectivity index (χ2v) is 25.1. The molecule has 0 amide bonds. The first-order valence-corrected chi connectivity index (χ1v) is 26.6. The van der Waals surface area contributed by atoms with E-state index in [1.165, 1.54) is 62.1 Å². The third-order valence-electron chi connectivity index (χ3n) is 13.2. The monoisotopic (exact) mass is 867 g/mol. The first kappa shape index (κ1) is 38.3. The summed E-state index contributed by atoms with van der Waals surface area (Å²) >= 11 is 1.91. The number of aromatic nitrogens is 3. The lowest BCUT2D eigenvalue weighted by atomic mass is 10.1. The van der Waals surface area contributed by atoms with Crippen LogP contribution in [0.3, 0.4) is 0 Å². The number of rotatable bonds is 8. The van der Waals surface area contributed by atoms with E-state index in [1.807, 2.05) is 24.0 Å². The van der Waals surface area contributed by atoms with Crippen LogP contribution in [0.5, 0.6) is 0 Å². The summed E-state index contributed by atoms with van der Waals surface area (Å²) in [4.78, 5) is 13.0. The zero-order valence-corrected chi connectivity index (χ0v) is 37.7. The maximum absolute atomic E-state index is 5.63. The summed E-state index contributed by atoms with van der Waals surface area (Å²) in [5, 5.41) is 13.1. The van der Waals surface area contributed by atoms with Gasteiger partial charge in [0.2, 0.25) is 0 Å². The second kappa shape index (κ2) is 15.8. The van der Waals surface area contributed by atoms with Gasteiger partial charge in [-0.2, -0.15) is 0 Å². The largest absolute Gasteiger partial charge is 0.294 e. The number of hydrogen-bond donors (Lipinski definition) is 0. The highest BCUT2D eigenvalue weighted by Crippen LogP contribution is 2.42. The number of fused-ring (bicyclic) bond motifs is 6. The van der Waals surface area contributed by atoms with Gasteiger partial charge in [-0.25, -0.2) is 4.98 Å². The fourth-order valence-corrected chi connectivity index (χ4v) is 22.3. The summed E-state index contributed by atoms with van der Waals surface area (Å²) < 4.78 is 2.42. The molecule has 3 aromatic heterocycles. The highest BCUT2D eigenvalue weighted by atomic mass is 32.2. The Bertz CT molecular complexity index is 3390. The molecule has 0 bridgehead atoms. The van der Waals surface area contributed by atoms with Gasteiger partial charge in [-0.05, 0) is 77.9 Å². The third kappa shape index (κ3) is 5.87. The smallest absolute Gasteiger partial charge is 0.183 e. The highest BCUT2D eigenvalue weighted by Gasteiger charge is 2.48. The molecule has 4 heterocycles. The van der Waals surface area contributed by atoms with E-state index in [4.69, 9.17) is 9.97 Å². The normalized spacial score (nSPS) is 13.1. The standard InChI is InChI=1S/C58H41N3SSi2/c1-5-23-44(24-6-1)63(45-25-7-2-8-26-45,48-31-19-21-42(39-48)51-34-17-18-38-59-51)49-32-20-22-43(40-49)61-52-35-14-13-33-50(52)56-57-55(41-60-58(56)61)64(46-27-9-3-10-28-46,47-29-11-4-12-30-47)54-37-16-15-36-53(54)62-57/h1-41H. The second-order valence-electron chi connectivity index (χ2n) is 16.5. The Labute approximate surface area is 379 Å². The molecule has 0 saturated carbocycles. The van der Waals surface area contributed by atoms with Gasteiger partial charge in [0, 0.05) is 44.2 Å². The zero-order valence-electron chi connectivity index (χ0n) is 34.9. The Kier molecular flexibility index (Phi) is 9.44. The van der Waals surface area contributed by atoms with Crippen LogP contribution < -0.4 is 41.5 Å². The van der Waals surface area contributed by atoms with E-state index in [9.17, 15) is 0 Å². The Morgan fingerprint density at radius 1 is 0.453 bits per heavy atom. The summed E-state index contributed by atoms with van der Waals surface area (Å²) in [7, 11) is -5.78. The molecule has 8 aromatic carbocycles. The Balaban J connectivity index is 1.14. The molecule has 0 saturated heterocycles. The van der Waals surface area contributed by atoms with Crippen molar-refractivity contribution in [1.82, 2.24) is 14.5 Å². The van der Waals surface area contributed by atoms with Crippen LogP contribution in [0.4, 0.5) is 0 Å². The first-order valence-electron chi connectivity index (χ1n) is 21.8. The van der Waals surface area contributed by atoms with Crippen LogP contribution in [-0.2, 0) is 0 Å². The Hall–Kier alpha value is -7.36. The van der Waals surface area contributed by atoms with E-state index >= 15 is 0 Å². The van der Waals surface area contributed by atoms with Crippen molar-refractivity contribution in [2.45, 2.75) is 9.79 Å². The van der Waals surface area contributed by atoms with Gasteiger partial charge in [0.1, 0.15) is 5.65 Å². The van der Waals surface area contributed by atoms with Gasteiger partial charge in [-0.3, -0.25) is 9.55 Å². The molecule has 0 aliphatic carbocycles. The molecule has 0 unspecified atom stereocenters. The summed E-state index contributed by atoms with van der Waals surface area (Å²) in [5.41, 5.74) is 5.28. The minimum Gasteiger partial charge on any atom is -0.294 e. The van der Waals surface area contributed by atoms with Gasteiger partial charge in [0.25, 0.3) is 0 Å². The average molecular weight is 868 g/mol. The minimum absolute atomic E-state index is 0.967. The first-order chi connectivity index (χ1) is 31.8. The molecule has 3 nitrogen and oxygen atoms in total. The van der Waals surface area contributed by atoms with E-state index in [-0.39, 0.29) is 0 Å². The van der Waals surface area contributed by atoms with Gasteiger partial charge in [0.15, 0.2) is 16.1 Å². The quantitative estimate of drug-likeness (QED) is 0.114. The minimum atomic E-state index is -2.96. The summed E-state index contributed by atoms with van der Waals surface area (Å²) in [5.74, 6) is 0. The van der Waals surface area contributed by atoms with Crippen molar-refractivity contribution >= 4 is 91.3 Å². The Morgan fingerprint density at radius 2 is 1.03 bits per heavy atom. The van der Waals surface area contributed by atoms with E-state index in [1.54, 1.807) is 0 Å². The van der Waals surface area contributed by atoms with Crippen molar-refractivity contribution in [1.29, 1.82) is 0 Å². The molecule has 12 rings (SSSR count). The van der Waals surface area contributed by atoms with E-state index in [0.29, 0.717) is 0 Å². The van der Waals surface area contributed by atoms with Gasteiger partial charge in [-0.15, -0.1) is 0 Å². The molecule has 0 N–H and O–H groups in total. The van der Waals surface area contributed by atoms with Crippen molar-refractivity contribution < 1.29 is 0 Å². The van der Waals surface area contributed by atoms with E-state index in [0.717, 1.165) is 28.1 Å². The van der Waals surface area contributed by atoms with Crippen molar-refractivity contribution in [3.63, 3.8) is 0 Å². The molecule has 0 spiro atoms. The van der Waals surface area contributed by atoms with Crippen molar-refractivity contribution in [3.8, 4) is 16.9 Å². The predicted octanol–water partition coefficient (Wildman–Crippen LogP) is 8.46. The van der Waals surface area contributed by atoms with Gasteiger partial charge >= 0.3 is 0 Å². The van der Waals surface area contributed by atoms with Crippen LogP contribution in [0.25, 0.3) is 38.9 Å². The van der Waals surface area contributed by atoms with E-state index < -0.39 is 16.1 Å². The lowest BCUT2D eigenvalue weighted by molar-refractivity contribution is 1.13. The summed E-state index contributed by atoms with van der Waals surface area (Å²) in [6.07, 6.45) is 4.12. The van der Waals surface area contributed by atoms with Crippen LogP contribution in [0, 0.1) is 0 Å².